The molecule has 0 radical (unpaired) electrons. The first kappa shape index (κ1) is 30.2. The molecule has 0 rings (SSSR count). The summed E-state index contributed by atoms with van der Waals surface area (Å²) in [6.07, 6.45) is 0. The summed E-state index contributed by atoms with van der Waals surface area (Å²) in [6, 6.07) is 0. The zero-order valence-corrected chi connectivity index (χ0v) is 16.6. The van der Waals surface area contributed by atoms with E-state index in [0.29, 0.717) is 6.54 Å². The highest BCUT2D eigenvalue weighted by Gasteiger charge is 2.00. The molecule has 0 atom stereocenters. The van der Waals surface area contributed by atoms with Crippen molar-refractivity contribution in [3.8, 4) is 0 Å². The third-order valence-corrected chi connectivity index (χ3v) is 1.64. The second-order valence-corrected chi connectivity index (χ2v) is 6.02. The van der Waals surface area contributed by atoms with Crippen molar-refractivity contribution in [2.45, 2.75) is 6.92 Å². The van der Waals surface area contributed by atoms with Gasteiger partial charge in [0.2, 0.25) is 0 Å². The number of hydroxylamine groups is 4. The Bertz CT molecular complexity index is 221. The van der Waals surface area contributed by atoms with Crippen LogP contribution in [0.2, 0.25) is 0 Å². The highest BCUT2D eigenvalue weighted by atomic mass is 36.0. The number of aliphatic hydroxyl groups excluding tert-OH is 4. The molecule has 0 fully saturated rings. The number of hydrogen-bond acceptors (Lipinski definition) is 11. The largest absolute Gasteiger partial charge is 0.582 e. The molecule has 4 N–H and O–H groups in total. The van der Waals surface area contributed by atoms with Gasteiger partial charge in [0, 0.05) is 13.6 Å². The van der Waals surface area contributed by atoms with Crippen molar-refractivity contribution in [1.29, 1.82) is 0 Å². The first-order valence-electron chi connectivity index (χ1n) is 7.10. The van der Waals surface area contributed by atoms with E-state index in [2.05, 4.69) is 21.4 Å². The Labute approximate surface area is 159 Å². The lowest BCUT2D eigenvalue weighted by Crippen LogP contribution is -2.26. The van der Waals surface area contributed by atoms with Gasteiger partial charge in [0.05, 0.1) is 52.9 Å². The molecule has 11 nitrogen and oxygen atoms in total. The maximum Gasteiger partial charge on any atom is 0.198 e. The number of hydrogen-bond donors (Lipinski definition) is 4. The van der Waals surface area contributed by atoms with Crippen LogP contribution in [0.15, 0.2) is 0 Å². The molecular formula is C11H28Cl2N2O9S. The topological polar surface area (TPSA) is 147 Å². The number of rotatable bonds is 13. The lowest BCUT2D eigenvalue weighted by atomic mass is 10.8. The van der Waals surface area contributed by atoms with Crippen molar-refractivity contribution in [3.05, 3.63) is 0 Å². The smallest absolute Gasteiger partial charge is 0.198 e. The first-order chi connectivity index (χ1) is 11.9. The minimum absolute atomic E-state index is 0.0427. The van der Waals surface area contributed by atoms with Gasteiger partial charge in [0.15, 0.2) is 31.0 Å². The zero-order chi connectivity index (χ0) is 19.9. The molecular weight excluding hydrogens is 407 g/mol. The molecule has 0 aliphatic heterocycles. The maximum absolute atomic E-state index is 9.09. The van der Waals surface area contributed by atoms with Gasteiger partial charge >= 0.3 is 0 Å². The third-order valence-electron chi connectivity index (χ3n) is 1.64. The van der Waals surface area contributed by atoms with E-state index in [-0.39, 0.29) is 52.9 Å². The van der Waals surface area contributed by atoms with Gasteiger partial charge in [0.25, 0.3) is 0 Å². The Morgan fingerprint density at radius 2 is 1.08 bits per heavy atom. The molecule has 156 valence electrons. The van der Waals surface area contributed by atoms with Crippen molar-refractivity contribution in [2.24, 2.45) is 0 Å². The average Bonchev–Trinajstić information content (AvgIpc) is 2.58. The fraction of sp³-hybridized carbons (Fsp3) is 1.00. The highest BCUT2D eigenvalue weighted by molar-refractivity contribution is 8.31. The van der Waals surface area contributed by atoms with Crippen molar-refractivity contribution in [2.75, 3.05) is 66.4 Å². The van der Waals surface area contributed by atoms with Gasteiger partial charge in [-0.2, -0.15) is 0 Å². The quantitative estimate of drug-likeness (QED) is 0.208. The summed E-state index contributed by atoms with van der Waals surface area (Å²) in [4.78, 5) is 19.3. The molecule has 0 saturated heterocycles. The molecule has 0 spiro atoms. The summed E-state index contributed by atoms with van der Waals surface area (Å²) in [5, 5.41) is 35.7. The van der Waals surface area contributed by atoms with Crippen LogP contribution in [0.3, 0.4) is 0 Å². The SMILES string of the molecule is CCN(OCCO)OCCO.CN(OCCO)OCCO.[O-][S+](Cl)Cl. The Hall–Kier alpha value is 0.490. The van der Waals surface area contributed by atoms with Crippen LogP contribution in [0.5, 0.6) is 0 Å². The van der Waals surface area contributed by atoms with E-state index in [1.807, 2.05) is 6.92 Å². The molecule has 0 heterocycles. The van der Waals surface area contributed by atoms with Gasteiger partial charge in [-0.25, -0.2) is 0 Å². The summed E-state index contributed by atoms with van der Waals surface area (Å²) in [6.45, 7) is 3.02. The Balaban J connectivity index is -0.000000321. The molecule has 0 aromatic heterocycles. The van der Waals surface area contributed by atoms with E-state index in [0.717, 1.165) is 5.23 Å². The monoisotopic (exact) mass is 434 g/mol. The highest BCUT2D eigenvalue weighted by Crippen LogP contribution is 1.98. The van der Waals surface area contributed by atoms with Crippen molar-refractivity contribution in [3.63, 3.8) is 0 Å². The summed E-state index contributed by atoms with van der Waals surface area (Å²) in [7, 11) is 8.90. The van der Waals surface area contributed by atoms with Crippen molar-refractivity contribution < 1.29 is 44.3 Å². The van der Waals surface area contributed by atoms with E-state index in [4.69, 9.17) is 44.3 Å². The van der Waals surface area contributed by atoms with Gasteiger partial charge in [0.1, 0.15) is 0 Å². The Morgan fingerprint density at radius 1 is 0.800 bits per heavy atom. The molecule has 0 aliphatic carbocycles. The minimum Gasteiger partial charge on any atom is -0.582 e. The van der Waals surface area contributed by atoms with E-state index in [1.54, 1.807) is 7.05 Å². The fourth-order valence-corrected chi connectivity index (χ4v) is 0.881. The predicted octanol–water partition coefficient (Wildman–Crippen LogP) is -1.04. The molecule has 0 aromatic carbocycles. The molecule has 25 heavy (non-hydrogen) atoms. The summed E-state index contributed by atoms with van der Waals surface area (Å²) >= 11 is 0. The first-order valence-corrected chi connectivity index (χ1v) is 9.90. The summed E-state index contributed by atoms with van der Waals surface area (Å²) in [5.74, 6) is 0. The van der Waals surface area contributed by atoms with E-state index in [1.165, 1.54) is 5.23 Å². The van der Waals surface area contributed by atoms with Gasteiger partial charge in [-0.05, 0) is 6.92 Å². The van der Waals surface area contributed by atoms with E-state index < -0.39 is 9.60 Å². The predicted molar refractivity (Wildman–Crippen MR) is 92.1 cm³/mol. The number of nitrogens with zero attached hydrogens (tertiary/aromatic N) is 2. The molecule has 14 heteroatoms. The van der Waals surface area contributed by atoms with Crippen LogP contribution in [-0.4, -0.2) is 102 Å². The summed E-state index contributed by atoms with van der Waals surface area (Å²) < 4.78 is 9.09. The maximum atomic E-state index is 9.09. The molecule has 0 bridgehead atoms. The minimum atomic E-state index is -1.67. The third kappa shape index (κ3) is 36.2. The van der Waals surface area contributed by atoms with Crippen LogP contribution in [0.25, 0.3) is 0 Å². The van der Waals surface area contributed by atoms with Crippen LogP contribution in [0, 0.1) is 0 Å². The number of halogens is 2. The van der Waals surface area contributed by atoms with Crippen LogP contribution < -0.4 is 0 Å². The Morgan fingerprint density at radius 3 is 1.32 bits per heavy atom. The van der Waals surface area contributed by atoms with Crippen LogP contribution in [0.1, 0.15) is 6.92 Å². The second kappa shape index (κ2) is 26.7. The lowest BCUT2D eigenvalue weighted by molar-refractivity contribution is -0.369. The van der Waals surface area contributed by atoms with Gasteiger partial charge in [-0.1, -0.05) is 10.5 Å². The molecule has 0 unspecified atom stereocenters. The van der Waals surface area contributed by atoms with Gasteiger partial charge in [-0.15, -0.1) is 0 Å². The standard InChI is InChI=1S/C6H15NO4.C5H13NO4.Cl2OS/c1-2-7(10-5-3-8)11-6-4-9;1-6(9-4-2-7)10-5-3-8;1-4(2)3/h8-9H,2-6H2,1H3;7-8H,2-5H2,1H3;. The van der Waals surface area contributed by atoms with Crippen molar-refractivity contribution >= 4 is 31.0 Å². The van der Waals surface area contributed by atoms with Crippen LogP contribution in [-0.2, 0) is 29.0 Å². The fourth-order valence-electron chi connectivity index (χ4n) is 0.881. The van der Waals surface area contributed by atoms with Crippen molar-refractivity contribution in [1.82, 2.24) is 10.5 Å². The molecule has 0 aromatic rings. The zero-order valence-electron chi connectivity index (χ0n) is 14.3. The number of aliphatic hydroxyl groups is 4. The average molecular weight is 435 g/mol. The van der Waals surface area contributed by atoms with Gasteiger partial charge in [-0.3, -0.25) is 19.4 Å². The lowest BCUT2D eigenvalue weighted by Gasteiger charge is -2.17. The normalized spacial score (nSPS) is 10.6. The Kier molecular flexibility index (Phi) is 32.3. The molecule has 0 aliphatic rings. The second-order valence-electron chi connectivity index (χ2n) is 3.50. The summed E-state index contributed by atoms with van der Waals surface area (Å²) in [5.41, 5.74) is 0. The molecule has 0 amide bonds. The van der Waals surface area contributed by atoms with E-state index in [9.17, 15) is 0 Å². The van der Waals surface area contributed by atoms with E-state index >= 15 is 0 Å². The van der Waals surface area contributed by atoms with Crippen LogP contribution in [0.4, 0.5) is 0 Å². The van der Waals surface area contributed by atoms with Crippen LogP contribution >= 0.6 is 21.4 Å². The van der Waals surface area contributed by atoms with Gasteiger partial charge < -0.3 is 25.0 Å². The molecule has 0 saturated carbocycles.